The molecule has 0 saturated heterocycles. The molecule has 0 aliphatic carbocycles. The van der Waals surface area contributed by atoms with E-state index in [1.165, 1.54) is 23.1 Å². The molecule has 1 atom stereocenters. The van der Waals surface area contributed by atoms with Crippen LogP contribution < -0.4 is 10.1 Å². The predicted octanol–water partition coefficient (Wildman–Crippen LogP) is 5.19. The molecule has 8 heteroatoms. The number of anilines is 1. The van der Waals surface area contributed by atoms with Gasteiger partial charge < -0.3 is 10.1 Å². The normalized spacial score (nSPS) is 12.0. The molecule has 1 unspecified atom stereocenters. The molecule has 0 fully saturated rings. The van der Waals surface area contributed by atoms with Crippen LogP contribution in [0.2, 0.25) is 0 Å². The molecule has 4 aromatic rings. The van der Waals surface area contributed by atoms with Crippen molar-refractivity contribution in [3.63, 3.8) is 0 Å². The molecule has 2 aromatic carbocycles. The molecule has 2 aromatic heterocycles. The van der Waals surface area contributed by atoms with Gasteiger partial charge in [0, 0.05) is 5.56 Å². The van der Waals surface area contributed by atoms with Crippen LogP contribution in [0.25, 0.3) is 21.5 Å². The van der Waals surface area contributed by atoms with Gasteiger partial charge in [0.1, 0.15) is 16.6 Å². The van der Waals surface area contributed by atoms with Crippen LogP contribution in [0, 0.1) is 6.92 Å². The first-order chi connectivity index (χ1) is 14.5. The summed E-state index contributed by atoms with van der Waals surface area (Å²) in [5, 5.41) is 3.90. The fourth-order valence-electron chi connectivity index (χ4n) is 2.88. The third-order valence-electron chi connectivity index (χ3n) is 4.38. The quantitative estimate of drug-likeness (QED) is 0.331. The summed E-state index contributed by atoms with van der Waals surface area (Å²) in [6, 6.07) is 17.5. The van der Waals surface area contributed by atoms with E-state index in [9.17, 15) is 4.79 Å². The number of benzene rings is 2. The van der Waals surface area contributed by atoms with Gasteiger partial charge >= 0.3 is 0 Å². The van der Waals surface area contributed by atoms with Gasteiger partial charge in [0.2, 0.25) is 5.91 Å². The Bertz CT molecular complexity index is 1190. The smallest absolute Gasteiger partial charge is 0.239 e. The number of methoxy groups -OCH3 is 1. The molecule has 6 nitrogen and oxygen atoms in total. The maximum atomic E-state index is 12.7. The largest absolute Gasteiger partial charge is 0.497 e. The second kappa shape index (κ2) is 8.81. The van der Waals surface area contributed by atoms with Gasteiger partial charge in [-0.2, -0.15) is 0 Å². The minimum Gasteiger partial charge on any atom is -0.497 e. The lowest BCUT2D eigenvalue weighted by atomic mass is 10.1. The number of carbonyl (C=O) groups is 1. The molecule has 0 saturated carbocycles. The van der Waals surface area contributed by atoms with Gasteiger partial charge in [-0.05, 0) is 38.1 Å². The Balaban J connectivity index is 1.48. The number of hydrogen-bond acceptors (Lipinski definition) is 7. The van der Waals surface area contributed by atoms with Crippen molar-refractivity contribution in [2.75, 3.05) is 12.4 Å². The fourth-order valence-corrected chi connectivity index (χ4v) is 4.67. The number of rotatable bonds is 6. The van der Waals surface area contributed by atoms with Crippen molar-refractivity contribution in [2.45, 2.75) is 24.1 Å². The minimum atomic E-state index is -0.343. The first-order valence-corrected chi connectivity index (χ1v) is 11.0. The lowest BCUT2D eigenvalue weighted by molar-refractivity contribution is -0.115. The first-order valence-electron chi connectivity index (χ1n) is 9.35. The molecule has 1 N–H and O–H groups in total. The summed E-state index contributed by atoms with van der Waals surface area (Å²) in [6.07, 6.45) is 0. The van der Waals surface area contributed by atoms with E-state index in [0.717, 1.165) is 32.2 Å². The van der Waals surface area contributed by atoms with E-state index in [2.05, 4.69) is 20.3 Å². The van der Waals surface area contributed by atoms with Crippen molar-refractivity contribution in [1.29, 1.82) is 0 Å². The standard InChI is InChI=1S/C22H20N4O2S2/c1-13(21(27)26-22-25-17-10-9-16(28-3)11-19(17)30-22)29-20-12-18(23-14(2)24-20)15-7-5-4-6-8-15/h4-13H,1-3H3,(H,25,26,27). The summed E-state index contributed by atoms with van der Waals surface area (Å²) in [7, 11) is 1.63. The lowest BCUT2D eigenvalue weighted by Gasteiger charge is -2.11. The number of ether oxygens (including phenoxy) is 1. The molecular weight excluding hydrogens is 416 g/mol. The van der Waals surface area contributed by atoms with Gasteiger partial charge in [-0.25, -0.2) is 15.0 Å². The molecule has 0 bridgehead atoms. The maximum Gasteiger partial charge on any atom is 0.239 e. The Hall–Kier alpha value is -2.97. The van der Waals surface area contributed by atoms with Crippen LogP contribution in [0.3, 0.4) is 0 Å². The third kappa shape index (κ3) is 4.60. The zero-order chi connectivity index (χ0) is 21.1. The highest BCUT2D eigenvalue weighted by Gasteiger charge is 2.18. The molecule has 0 radical (unpaired) electrons. The van der Waals surface area contributed by atoms with Crippen LogP contribution in [-0.4, -0.2) is 33.2 Å². The van der Waals surface area contributed by atoms with Gasteiger partial charge in [-0.1, -0.05) is 53.4 Å². The Kier molecular flexibility index (Phi) is 5.96. The van der Waals surface area contributed by atoms with Crippen LogP contribution in [0.15, 0.2) is 59.6 Å². The van der Waals surface area contributed by atoms with Crippen LogP contribution in [-0.2, 0) is 4.79 Å². The average molecular weight is 437 g/mol. The SMILES string of the molecule is COc1ccc2nc(NC(=O)C(C)Sc3cc(-c4ccccc4)nc(C)n3)sc2c1. The van der Waals surface area contributed by atoms with Crippen molar-refractivity contribution in [3.05, 3.63) is 60.4 Å². The summed E-state index contributed by atoms with van der Waals surface area (Å²) >= 11 is 2.82. The van der Waals surface area contributed by atoms with E-state index in [1.807, 2.05) is 68.4 Å². The molecular formula is C22H20N4O2S2. The maximum absolute atomic E-state index is 12.7. The third-order valence-corrected chi connectivity index (χ3v) is 6.33. The zero-order valence-electron chi connectivity index (χ0n) is 16.7. The number of fused-ring (bicyclic) bond motifs is 1. The summed E-state index contributed by atoms with van der Waals surface area (Å²) in [5.41, 5.74) is 2.69. The van der Waals surface area contributed by atoms with Crippen LogP contribution >= 0.6 is 23.1 Å². The number of thiazole rings is 1. The minimum absolute atomic E-state index is 0.122. The van der Waals surface area contributed by atoms with E-state index in [1.54, 1.807) is 7.11 Å². The van der Waals surface area contributed by atoms with E-state index in [-0.39, 0.29) is 11.2 Å². The lowest BCUT2D eigenvalue weighted by Crippen LogP contribution is -2.22. The number of nitrogens with zero attached hydrogens (tertiary/aromatic N) is 3. The van der Waals surface area contributed by atoms with Crippen molar-refractivity contribution < 1.29 is 9.53 Å². The molecule has 30 heavy (non-hydrogen) atoms. The summed E-state index contributed by atoms with van der Waals surface area (Å²) in [5.74, 6) is 1.32. The first kappa shape index (κ1) is 20.3. The van der Waals surface area contributed by atoms with Crippen molar-refractivity contribution >= 4 is 44.4 Å². The number of aromatic nitrogens is 3. The highest BCUT2D eigenvalue weighted by molar-refractivity contribution is 8.00. The number of amides is 1. The van der Waals surface area contributed by atoms with Gasteiger partial charge in [-0.15, -0.1) is 0 Å². The summed E-state index contributed by atoms with van der Waals surface area (Å²) < 4.78 is 6.21. The highest BCUT2D eigenvalue weighted by atomic mass is 32.2. The molecule has 2 heterocycles. The number of nitrogens with one attached hydrogen (secondary N) is 1. The molecule has 152 valence electrons. The summed E-state index contributed by atoms with van der Waals surface area (Å²) in [6.45, 7) is 3.71. The van der Waals surface area contributed by atoms with Gasteiger partial charge in [0.25, 0.3) is 0 Å². The van der Waals surface area contributed by atoms with E-state index >= 15 is 0 Å². The molecule has 0 spiro atoms. The molecule has 0 aliphatic heterocycles. The van der Waals surface area contributed by atoms with Gasteiger partial charge in [0.05, 0.1) is 28.3 Å². The van der Waals surface area contributed by atoms with E-state index in [4.69, 9.17) is 4.74 Å². The average Bonchev–Trinajstić information content (AvgIpc) is 3.15. The zero-order valence-corrected chi connectivity index (χ0v) is 18.4. The van der Waals surface area contributed by atoms with Gasteiger partial charge in [0.15, 0.2) is 5.13 Å². The van der Waals surface area contributed by atoms with E-state index in [0.29, 0.717) is 11.0 Å². The fraction of sp³-hybridized carbons (Fsp3) is 0.182. The highest BCUT2D eigenvalue weighted by Crippen LogP contribution is 2.31. The number of aryl methyl sites for hydroxylation is 1. The number of hydrogen-bond donors (Lipinski definition) is 1. The van der Waals surface area contributed by atoms with Crippen LogP contribution in [0.1, 0.15) is 12.7 Å². The van der Waals surface area contributed by atoms with Crippen LogP contribution in [0.4, 0.5) is 5.13 Å². The molecule has 1 amide bonds. The van der Waals surface area contributed by atoms with E-state index < -0.39 is 0 Å². The monoisotopic (exact) mass is 436 g/mol. The van der Waals surface area contributed by atoms with Crippen molar-refractivity contribution in [1.82, 2.24) is 15.0 Å². The second-order valence-corrected chi connectivity index (χ2v) is 9.00. The Labute approximate surface area is 182 Å². The number of thioether (sulfide) groups is 1. The molecule has 4 rings (SSSR count). The Morgan fingerprint density at radius 3 is 2.67 bits per heavy atom. The van der Waals surface area contributed by atoms with Crippen LogP contribution in [0.5, 0.6) is 5.75 Å². The second-order valence-electron chi connectivity index (χ2n) is 6.61. The van der Waals surface area contributed by atoms with Crippen molar-refractivity contribution in [3.8, 4) is 17.0 Å². The van der Waals surface area contributed by atoms with Crippen molar-refractivity contribution in [2.24, 2.45) is 0 Å². The Morgan fingerprint density at radius 1 is 1.10 bits per heavy atom. The topological polar surface area (TPSA) is 77.0 Å². The predicted molar refractivity (Wildman–Crippen MR) is 122 cm³/mol. The summed E-state index contributed by atoms with van der Waals surface area (Å²) in [4.78, 5) is 26.2. The Morgan fingerprint density at radius 2 is 1.90 bits per heavy atom. The van der Waals surface area contributed by atoms with Gasteiger partial charge in [-0.3, -0.25) is 4.79 Å². The number of carbonyl (C=O) groups excluding carboxylic acids is 1. The molecule has 0 aliphatic rings.